The molecule has 1 amide bonds. The Hall–Kier alpha value is -0.140. The van der Waals surface area contributed by atoms with Crippen LogP contribution in [0.3, 0.4) is 0 Å². The minimum absolute atomic E-state index is 0.0203. The van der Waals surface area contributed by atoms with E-state index in [1.807, 2.05) is 18.2 Å². The van der Waals surface area contributed by atoms with Crippen LogP contribution >= 0.6 is 38.5 Å². The molecule has 0 aliphatic carbocycles. The van der Waals surface area contributed by atoms with Crippen molar-refractivity contribution >= 4 is 44.4 Å². The van der Waals surface area contributed by atoms with E-state index in [1.165, 1.54) is 0 Å². The molecule has 0 heterocycles. The fourth-order valence-electron chi connectivity index (χ4n) is 1.34. The number of rotatable bonds is 6. The Morgan fingerprint density at radius 3 is 2.94 bits per heavy atom. The first-order chi connectivity index (χ1) is 8.15. The van der Waals surface area contributed by atoms with E-state index >= 15 is 0 Å². The van der Waals surface area contributed by atoms with Gasteiger partial charge in [0, 0.05) is 28.3 Å². The normalized spacial score (nSPS) is 10.3. The summed E-state index contributed by atoms with van der Waals surface area (Å²) in [5.41, 5.74) is 0.715. The minimum atomic E-state index is -0.0203. The zero-order chi connectivity index (χ0) is 12.7. The van der Waals surface area contributed by atoms with Gasteiger partial charge in [0.25, 0.3) is 5.91 Å². The molecule has 5 heteroatoms. The highest BCUT2D eigenvalue weighted by atomic mass is 127. The zero-order valence-electron chi connectivity index (χ0n) is 9.63. The predicted octanol–water partition coefficient (Wildman–Crippen LogP) is 3.21. The Balaban J connectivity index is 2.44. The van der Waals surface area contributed by atoms with Crippen LogP contribution < -0.4 is 5.32 Å². The average Bonchev–Trinajstić information content (AvgIpc) is 2.32. The molecule has 17 heavy (non-hydrogen) atoms. The third-order valence-electron chi connectivity index (χ3n) is 2.23. The first kappa shape index (κ1) is 14.9. The van der Waals surface area contributed by atoms with E-state index in [0.717, 1.165) is 27.5 Å². The third-order valence-corrected chi connectivity index (χ3v) is 3.67. The Bertz CT molecular complexity index is 385. The van der Waals surface area contributed by atoms with Gasteiger partial charge in [0.05, 0.1) is 5.56 Å². The van der Waals surface area contributed by atoms with Crippen LogP contribution in [0.25, 0.3) is 0 Å². The maximum atomic E-state index is 11.9. The summed E-state index contributed by atoms with van der Waals surface area (Å²) < 4.78 is 6.83. The fraction of sp³-hybridized carbons (Fsp3) is 0.417. The Labute approximate surface area is 124 Å². The van der Waals surface area contributed by atoms with Crippen molar-refractivity contribution in [1.29, 1.82) is 0 Å². The molecule has 0 saturated carbocycles. The van der Waals surface area contributed by atoms with Gasteiger partial charge in [0.15, 0.2) is 0 Å². The standard InChI is InChI=1S/C12H15BrINO2/c1-17-7-3-2-6-15-12(16)10-8-9(13)4-5-11(10)14/h4-5,8H,2-3,6-7H2,1H3,(H,15,16). The molecule has 0 spiro atoms. The second kappa shape index (κ2) is 8.05. The molecule has 1 rings (SSSR count). The number of hydrogen-bond donors (Lipinski definition) is 1. The van der Waals surface area contributed by atoms with Crippen molar-refractivity contribution in [1.82, 2.24) is 5.32 Å². The van der Waals surface area contributed by atoms with Crippen molar-refractivity contribution in [2.75, 3.05) is 20.3 Å². The molecule has 0 aliphatic rings. The van der Waals surface area contributed by atoms with Crippen LogP contribution in [0.1, 0.15) is 23.2 Å². The second-order valence-electron chi connectivity index (χ2n) is 3.58. The van der Waals surface area contributed by atoms with Crippen LogP contribution in [-0.2, 0) is 4.74 Å². The predicted molar refractivity (Wildman–Crippen MR) is 80.3 cm³/mol. The van der Waals surface area contributed by atoms with E-state index in [4.69, 9.17) is 4.74 Å². The number of unbranched alkanes of at least 4 members (excludes halogenated alkanes) is 1. The fourth-order valence-corrected chi connectivity index (χ4v) is 2.28. The van der Waals surface area contributed by atoms with Crippen LogP contribution in [-0.4, -0.2) is 26.2 Å². The summed E-state index contributed by atoms with van der Waals surface area (Å²) >= 11 is 5.53. The molecule has 0 unspecified atom stereocenters. The average molecular weight is 412 g/mol. The molecule has 94 valence electrons. The van der Waals surface area contributed by atoms with Gasteiger partial charge in [-0.2, -0.15) is 0 Å². The molecule has 3 nitrogen and oxygen atoms in total. The quantitative estimate of drug-likeness (QED) is 0.576. The van der Waals surface area contributed by atoms with Crippen LogP contribution in [0.5, 0.6) is 0 Å². The second-order valence-corrected chi connectivity index (χ2v) is 5.66. The van der Waals surface area contributed by atoms with Crippen LogP contribution in [0.2, 0.25) is 0 Å². The third kappa shape index (κ3) is 5.35. The van der Waals surface area contributed by atoms with Gasteiger partial charge in [-0.1, -0.05) is 15.9 Å². The van der Waals surface area contributed by atoms with E-state index < -0.39 is 0 Å². The number of amides is 1. The molecule has 1 aromatic rings. The van der Waals surface area contributed by atoms with Gasteiger partial charge in [0.1, 0.15) is 0 Å². The topological polar surface area (TPSA) is 38.3 Å². The van der Waals surface area contributed by atoms with Gasteiger partial charge < -0.3 is 10.1 Å². The number of halogens is 2. The monoisotopic (exact) mass is 411 g/mol. The molecular formula is C12H15BrINO2. The lowest BCUT2D eigenvalue weighted by molar-refractivity contribution is 0.0950. The maximum Gasteiger partial charge on any atom is 0.252 e. The molecule has 0 saturated heterocycles. The lowest BCUT2D eigenvalue weighted by atomic mass is 10.2. The maximum absolute atomic E-state index is 11.9. The number of carbonyl (C=O) groups is 1. The molecule has 0 radical (unpaired) electrons. The number of hydrogen-bond acceptors (Lipinski definition) is 2. The van der Waals surface area contributed by atoms with Gasteiger partial charge >= 0.3 is 0 Å². The van der Waals surface area contributed by atoms with Crippen molar-refractivity contribution in [2.24, 2.45) is 0 Å². The van der Waals surface area contributed by atoms with E-state index in [9.17, 15) is 4.79 Å². The van der Waals surface area contributed by atoms with Crippen molar-refractivity contribution in [3.05, 3.63) is 31.8 Å². The number of carbonyl (C=O) groups excluding carboxylic acids is 1. The van der Waals surface area contributed by atoms with Crippen molar-refractivity contribution in [3.8, 4) is 0 Å². The molecule has 0 fully saturated rings. The number of benzene rings is 1. The van der Waals surface area contributed by atoms with Gasteiger partial charge in [-0.15, -0.1) is 0 Å². The van der Waals surface area contributed by atoms with E-state index in [2.05, 4.69) is 43.8 Å². The van der Waals surface area contributed by atoms with Crippen LogP contribution in [0.4, 0.5) is 0 Å². The van der Waals surface area contributed by atoms with Crippen LogP contribution in [0.15, 0.2) is 22.7 Å². The minimum Gasteiger partial charge on any atom is -0.385 e. The smallest absolute Gasteiger partial charge is 0.252 e. The lowest BCUT2D eigenvalue weighted by Gasteiger charge is -2.07. The molecule has 1 N–H and O–H groups in total. The van der Waals surface area contributed by atoms with E-state index in [1.54, 1.807) is 7.11 Å². The molecule has 0 aliphatic heterocycles. The first-order valence-corrected chi connectivity index (χ1v) is 7.24. The highest BCUT2D eigenvalue weighted by Crippen LogP contribution is 2.18. The SMILES string of the molecule is COCCCCNC(=O)c1cc(Br)ccc1I. The molecule has 0 bridgehead atoms. The van der Waals surface area contributed by atoms with E-state index in [0.29, 0.717) is 12.1 Å². The lowest BCUT2D eigenvalue weighted by Crippen LogP contribution is -2.25. The Morgan fingerprint density at radius 1 is 1.47 bits per heavy atom. The summed E-state index contributed by atoms with van der Waals surface area (Å²) in [5.74, 6) is -0.0203. The van der Waals surface area contributed by atoms with Crippen LogP contribution in [0, 0.1) is 3.57 Å². The molecule has 0 atom stereocenters. The van der Waals surface area contributed by atoms with Crippen molar-refractivity contribution < 1.29 is 9.53 Å². The summed E-state index contributed by atoms with van der Waals surface area (Å²) in [7, 11) is 1.68. The number of methoxy groups -OCH3 is 1. The van der Waals surface area contributed by atoms with Gasteiger partial charge in [0.2, 0.25) is 0 Å². The van der Waals surface area contributed by atoms with Gasteiger partial charge in [-0.3, -0.25) is 4.79 Å². The van der Waals surface area contributed by atoms with Gasteiger partial charge in [-0.05, 0) is 53.6 Å². The molecule has 0 aromatic heterocycles. The number of nitrogens with one attached hydrogen (secondary N) is 1. The molecular weight excluding hydrogens is 397 g/mol. The zero-order valence-corrected chi connectivity index (χ0v) is 13.4. The van der Waals surface area contributed by atoms with Gasteiger partial charge in [-0.25, -0.2) is 0 Å². The largest absolute Gasteiger partial charge is 0.385 e. The summed E-state index contributed by atoms with van der Waals surface area (Å²) in [6.45, 7) is 1.43. The summed E-state index contributed by atoms with van der Waals surface area (Å²) in [6, 6.07) is 5.69. The summed E-state index contributed by atoms with van der Waals surface area (Å²) in [4.78, 5) is 11.9. The highest BCUT2D eigenvalue weighted by molar-refractivity contribution is 14.1. The highest BCUT2D eigenvalue weighted by Gasteiger charge is 2.09. The number of ether oxygens (including phenoxy) is 1. The molecule has 1 aromatic carbocycles. The van der Waals surface area contributed by atoms with Crippen molar-refractivity contribution in [2.45, 2.75) is 12.8 Å². The first-order valence-electron chi connectivity index (χ1n) is 5.37. The van der Waals surface area contributed by atoms with E-state index in [-0.39, 0.29) is 5.91 Å². The summed E-state index contributed by atoms with van der Waals surface area (Å²) in [6.07, 6.45) is 1.90. The summed E-state index contributed by atoms with van der Waals surface area (Å²) in [5, 5.41) is 2.91. The van der Waals surface area contributed by atoms with Crippen molar-refractivity contribution in [3.63, 3.8) is 0 Å². The Morgan fingerprint density at radius 2 is 2.24 bits per heavy atom. The Kier molecular flexibility index (Phi) is 7.06.